The lowest BCUT2D eigenvalue weighted by molar-refractivity contribution is -0.132. The molecule has 0 aliphatic heterocycles. The maximum Gasteiger partial charge on any atom is 0.420 e. The van der Waals surface area contributed by atoms with Gasteiger partial charge in [-0.1, -0.05) is 34.2 Å². The average molecular weight is 457 g/mol. The Kier molecular flexibility index (Phi) is 4.07. The lowest BCUT2D eigenvalue weighted by Gasteiger charge is -2.29. The number of anilines is 2. The number of nitrogen functional groups attached to an aromatic ring is 2. The third-order valence-electron chi connectivity index (χ3n) is 4.54. The summed E-state index contributed by atoms with van der Waals surface area (Å²) >= 11 is 7.94. The second-order valence-corrected chi connectivity index (χ2v) is 7.14. The molecule has 2 atom stereocenters. The molecule has 2 aliphatic carbocycles. The lowest BCUT2D eigenvalue weighted by atomic mass is 9.76. The number of ketones is 1. The molecule has 8 heteroatoms. The molecular weight excluding hydrogens is 444 g/mol. The van der Waals surface area contributed by atoms with Crippen LogP contribution in [0.1, 0.15) is 17.5 Å². The molecule has 0 amide bonds. The minimum absolute atomic E-state index is 0.0344. The number of fused-ring (bicyclic) bond motifs is 3. The highest BCUT2D eigenvalue weighted by Gasteiger charge is 2.50. The SMILES string of the molecule is Nc1c(Cl)cc2c(c1N)CC1C[C@@H](CI)C(=O)C(C(F)(F)F)=C21. The van der Waals surface area contributed by atoms with E-state index in [2.05, 4.69) is 0 Å². The zero-order chi connectivity index (χ0) is 17.1. The van der Waals surface area contributed by atoms with E-state index in [0.29, 0.717) is 28.4 Å². The molecule has 0 fully saturated rings. The van der Waals surface area contributed by atoms with Crippen molar-refractivity contribution < 1.29 is 18.0 Å². The standard InChI is InChI=1S/C15H13ClF3IN2O/c16-9-3-7-8(12(21)13(9)22)2-5-1-6(4-20)14(23)11(10(5)7)15(17,18)19/h3,5-6H,1-2,4,21-22H2/t5?,6-/m0/s1. The van der Waals surface area contributed by atoms with Gasteiger partial charge in [0.2, 0.25) is 0 Å². The van der Waals surface area contributed by atoms with Gasteiger partial charge in [0, 0.05) is 10.3 Å². The second-order valence-electron chi connectivity index (χ2n) is 5.85. The second kappa shape index (κ2) is 5.54. The fraction of sp³-hybridized carbons (Fsp3) is 0.400. The highest BCUT2D eigenvalue weighted by Crippen LogP contribution is 2.53. The molecular formula is C15H13ClF3IN2O. The number of carbonyl (C=O) groups is 1. The molecule has 0 bridgehead atoms. The van der Waals surface area contributed by atoms with Gasteiger partial charge in [-0.15, -0.1) is 0 Å². The number of rotatable bonds is 1. The van der Waals surface area contributed by atoms with Crippen molar-refractivity contribution in [2.24, 2.45) is 11.8 Å². The highest BCUT2D eigenvalue weighted by molar-refractivity contribution is 14.1. The molecule has 4 N–H and O–H groups in total. The van der Waals surface area contributed by atoms with Crippen molar-refractivity contribution in [3.05, 3.63) is 27.8 Å². The van der Waals surface area contributed by atoms with E-state index < -0.39 is 23.5 Å². The number of allylic oxidation sites excluding steroid dienone is 2. The van der Waals surface area contributed by atoms with E-state index in [1.165, 1.54) is 6.07 Å². The van der Waals surface area contributed by atoms with E-state index in [1.54, 1.807) is 0 Å². The van der Waals surface area contributed by atoms with Crippen molar-refractivity contribution >= 4 is 56.9 Å². The van der Waals surface area contributed by atoms with Crippen LogP contribution in [0.3, 0.4) is 0 Å². The van der Waals surface area contributed by atoms with Crippen LogP contribution in [0, 0.1) is 11.8 Å². The van der Waals surface area contributed by atoms with Crippen molar-refractivity contribution in [3.63, 3.8) is 0 Å². The number of nitrogens with two attached hydrogens (primary N) is 2. The van der Waals surface area contributed by atoms with Crippen LogP contribution in [0.5, 0.6) is 0 Å². The number of hydrogen-bond acceptors (Lipinski definition) is 3. The van der Waals surface area contributed by atoms with Gasteiger partial charge in [-0.25, -0.2) is 0 Å². The molecule has 0 heterocycles. The Balaban J connectivity index is 2.31. The van der Waals surface area contributed by atoms with E-state index in [1.807, 2.05) is 22.6 Å². The van der Waals surface area contributed by atoms with Crippen LogP contribution in [-0.2, 0) is 11.2 Å². The quantitative estimate of drug-likeness (QED) is 0.381. The van der Waals surface area contributed by atoms with E-state index in [4.69, 9.17) is 23.1 Å². The molecule has 2 aliphatic rings. The molecule has 3 rings (SSSR count). The van der Waals surface area contributed by atoms with E-state index in [9.17, 15) is 18.0 Å². The monoisotopic (exact) mass is 456 g/mol. The Morgan fingerprint density at radius 2 is 1.96 bits per heavy atom. The van der Waals surface area contributed by atoms with Gasteiger partial charge < -0.3 is 11.5 Å². The Morgan fingerprint density at radius 1 is 1.30 bits per heavy atom. The fourth-order valence-corrected chi connectivity index (χ4v) is 4.48. The first-order chi connectivity index (χ1) is 10.7. The van der Waals surface area contributed by atoms with Crippen LogP contribution in [0.15, 0.2) is 11.6 Å². The van der Waals surface area contributed by atoms with Gasteiger partial charge in [0.25, 0.3) is 0 Å². The summed E-state index contributed by atoms with van der Waals surface area (Å²) in [5, 5.41) is 0.111. The molecule has 23 heavy (non-hydrogen) atoms. The van der Waals surface area contributed by atoms with Crippen molar-refractivity contribution in [3.8, 4) is 0 Å². The number of alkyl halides is 4. The number of hydrogen-bond donors (Lipinski definition) is 2. The van der Waals surface area contributed by atoms with Gasteiger partial charge in [-0.05, 0) is 41.5 Å². The van der Waals surface area contributed by atoms with Crippen molar-refractivity contribution in [1.82, 2.24) is 0 Å². The van der Waals surface area contributed by atoms with Crippen molar-refractivity contribution in [1.29, 1.82) is 0 Å². The molecule has 1 unspecified atom stereocenters. The van der Waals surface area contributed by atoms with Gasteiger partial charge in [0.15, 0.2) is 5.78 Å². The smallest absolute Gasteiger partial charge is 0.397 e. The summed E-state index contributed by atoms with van der Waals surface area (Å²) in [6.45, 7) is 0. The molecule has 0 saturated heterocycles. The zero-order valence-electron chi connectivity index (χ0n) is 11.8. The van der Waals surface area contributed by atoms with Crippen molar-refractivity contribution in [2.45, 2.75) is 19.0 Å². The molecule has 0 saturated carbocycles. The summed E-state index contributed by atoms with van der Waals surface area (Å²) in [6.07, 6.45) is -3.94. The number of halogens is 5. The van der Waals surface area contributed by atoms with Crippen LogP contribution in [0.4, 0.5) is 24.5 Å². The topological polar surface area (TPSA) is 69.1 Å². The Labute approximate surface area is 149 Å². The third-order valence-corrected chi connectivity index (χ3v) is 5.92. The fourth-order valence-electron chi connectivity index (χ4n) is 3.51. The maximum atomic E-state index is 13.5. The first-order valence-corrected chi connectivity index (χ1v) is 8.85. The number of carbonyl (C=O) groups excluding carboxylic acids is 1. The Hall–Kier alpha value is -0.960. The van der Waals surface area contributed by atoms with Crippen LogP contribution >= 0.6 is 34.2 Å². The largest absolute Gasteiger partial charge is 0.420 e. The molecule has 0 aromatic heterocycles. The summed E-state index contributed by atoms with van der Waals surface area (Å²) in [5.41, 5.74) is 12.0. The molecule has 124 valence electrons. The summed E-state index contributed by atoms with van der Waals surface area (Å²) in [4.78, 5) is 12.3. The van der Waals surface area contributed by atoms with Crippen LogP contribution in [0.25, 0.3) is 5.57 Å². The van der Waals surface area contributed by atoms with E-state index in [-0.39, 0.29) is 27.9 Å². The zero-order valence-corrected chi connectivity index (χ0v) is 14.7. The maximum absolute atomic E-state index is 13.5. The minimum Gasteiger partial charge on any atom is -0.397 e. The number of benzene rings is 1. The molecule has 3 nitrogen and oxygen atoms in total. The van der Waals surface area contributed by atoms with Gasteiger partial charge in [-0.2, -0.15) is 13.2 Å². The average Bonchev–Trinajstić information content (AvgIpc) is 2.81. The summed E-state index contributed by atoms with van der Waals surface area (Å²) in [5.74, 6) is -1.83. The van der Waals surface area contributed by atoms with Gasteiger partial charge in [0.05, 0.1) is 16.4 Å². The number of Topliss-reactive ketones (excluding diaryl/α,β-unsaturated/α-hetero) is 1. The first-order valence-electron chi connectivity index (χ1n) is 6.95. The van der Waals surface area contributed by atoms with E-state index >= 15 is 0 Å². The molecule has 0 radical (unpaired) electrons. The normalized spacial score (nSPS) is 24.0. The summed E-state index contributed by atoms with van der Waals surface area (Å²) in [6, 6.07) is 1.40. The first kappa shape index (κ1) is 16.9. The Morgan fingerprint density at radius 3 is 2.52 bits per heavy atom. The molecule has 0 spiro atoms. The Bertz CT molecular complexity index is 745. The van der Waals surface area contributed by atoms with Crippen LogP contribution in [0.2, 0.25) is 5.02 Å². The summed E-state index contributed by atoms with van der Waals surface area (Å²) < 4.78 is 41.0. The third kappa shape index (κ3) is 2.52. The highest BCUT2D eigenvalue weighted by atomic mass is 127. The van der Waals surface area contributed by atoms with Gasteiger partial charge >= 0.3 is 6.18 Å². The van der Waals surface area contributed by atoms with Crippen molar-refractivity contribution in [2.75, 3.05) is 15.9 Å². The predicted molar refractivity (Wildman–Crippen MR) is 92.4 cm³/mol. The minimum atomic E-state index is -4.70. The van der Waals surface area contributed by atoms with Gasteiger partial charge in [0.1, 0.15) is 5.57 Å². The molecule has 1 aromatic carbocycles. The predicted octanol–water partition coefficient (Wildman–Crippen LogP) is 4.02. The van der Waals surface area contributed by atoms with Crippen LogP contribution in [-0.4, -0.2) is 16.4 Å². The summed E-state index contributed by atoms with van der Waals surface area (Å²) in [7, 11) is 0. The van der Waals surface area contributed by atoms with E-state index in [0.717, 1.165) is 0 Å². The molecule has 1 aromatic rings. The lowest BCUT2D eigenvalue weighted by Crippen LogP contribution is -2.34. The van der Waals surface area contributed by atoms with Gasteiger partial charge in [-0.3, -0.25) is 4.79 Å². The van der Waals surface area contributed by atoms with Crippen LogP contribution < -0.4 is 11.5 Å².